The van der Waals surface area contributed by atoms with E-state index in [1.807, 2.05) is 0 Å². The molecule has 88 valence electrons. The maximum atomic E-state index is 11.2. The van der Waals surface area contributed by atoms with Crippen LogP contribution in [0.25, 0.3) is 0 Å². The Morgan fingerprint density at radius 2 is 1.88 bits per heavy atom. The summed E-state index contributed by atoms with van der Waals surface area (Å²) >= 11 is 0. The Kier molecular flexibility index (Phi) is 3.44. The SMILES string of the molecule is Cc1cc(C)c(S(=O)(=O)Cl)cc1NC(=O)O. The van der Waals surface area contributed by atoms with Crippen LogP contribution < -0.4 is 5.32 Å². The van der Waals surface area contributed by atoms with E-state index in [1.165, 1.54) is 6.07 Å². The van der Waals surface area contributed by atoms with Gasteiger partial charge in [0.15, 0.2) is 0 Å². The number of carboxylic acid groups (broad SMARTS) is 1. The molecule has 0 radical (unpaired) electrons. The van der Waals surface area contributed by atoms with Gasteiger partial charge < -0.3 is 5.11 Å². The number of benzene rings is 1. The number of anilines is 1. The highest BCUT2D eigenvalue weighted by Gasteiger charge is 2.16. The van der Waals surface area contributed by atoms with Crippen LogP contribution in [0.1, 0.15) is 11.1 Å². The van der Waals surface area contributed by atoms with E-state index in [-0.39, 0.29) is 10.6 Å². The average Bonchev–Trinajstić information content (AvgIpc) is 2.06. The van der Waals surface area contributed by atoms with E-state index < -0.39 is 15.1 Å². The van der Waals surface area contributed by atoms with Crippen molar-refractivity contribution in [3.8, 4) is 0 Å². The van der Waals surface area contributed by atoms with Gasteiger partial charge in [0.25, 0.3) is 9.05 Å². The van der Waals surface area contributed by atoms with E-state index in [4.69, 9.17) is 15.8 Å². The third-order valence-corrected chi connectivity index (χ3v) is 3.49. The molecule has 0 saturated carbocycles. The highest BCUT2D eigenvalue weighted by atomic mass is 35.7. The van der Waals surface area contributed by atoms with E-state index in [0.29, 0.717) is 11.1 Å². The molecule has 16 heavy (non-hydrogen) atoms. The van der Waals surface area contributed by atoms with Gasteiger partial charge in [-0.3, -0.25) is 5.32 Å². The first-order valence-corrected chi connectivity index (χ1v) is 6.58. The van der Waals surface area contributed by atoms with Gasteiger partial charge in [-0.2, -0.15) is 0 Å². The molecule has 0 spiro atoms. The lowest BCUT2D eigenvalue weighted by atomic mass is 10.1. The number of halogens is 1. The summed E-state index contributed by atoms with van der Waals surface area (Å²) in [5.41, 5.74) is 1.31. The Hall–Kier alpha value is -1.27. The Labute approximate surface area is 97.5 Å². The normalized spacial score (nSPS) is 11.2. The molecule has 5 nitrogen and oxygen atoms in total. The minimum atomic E-state index is -3.87. The molecule has 1 aromatic rings. The van der Waals surface area contributed by atoms with Crippen LogP contribution in [-0.2, 0) is 9.05 Å². The Morgan fingerprint density at radius 1 is 1.31 bits per heavy atom. The summed E-state index contributed by atoms with van der Waals surface area (Å²) in [6.45, 7) is 3.26. The third-order valence-electron chi connectivity index (χ3n) is 2.03. The summed E-state index contributed by atoms with van der Waals surface area (Å²) in [7, 11) is 1.35. The van der Waals surface area contributed by atoms with E-state index in [1.54, 1.807) is 19.9 Å². The fourth-order valence-electron chi connectivity index (χ4n) is 1.34. The van der Waals surface area contributed by atoms with Crippen LogP contribution in [-0.4, -0.2) is 19.6 Å². The number of hydrogen-bond donors (Lipinski definition) is 2. The summed E-state index contributed by atoms with van der Waals surface area (Å²) in [4.78, 5) is 10.4. The Bertz CT molecular complexity index is 539. The first kappa shape index (κ1) is 12.8. The van der Waals surface area contributed by atoms with Crippen molar-refractivity contribution in [1.29, 1.82) is 0 Å². The summed E-state index contributed by atoms with van der Waals surface area (Å²) in [6.07, 6.45) is -1.26. The van der Waals surface area contributed by atoms with Crippen LogP contribution in [0.4, 0.5) is 10.5 Å². The predicted octanol–water partition coefficient (Wildman–Crippen LogP) is 2.32. The van der Waals surface area contributed by atoms with Crippen LogP contribution in [0.2, 0.25) is 0 Å². The van der Waals surface area contributed by atoms with Gasteiger partial charge >= 0.3 is 6.09 Å². The van der Waals surface area contributed by atoms with E-state index in [2.05, 4.69) is 5.32 Å². The van der Waals surface area contributed by atoms with E-state index in [9.17, 15) is 13.2 Å². The Balaban J connectivity index is 3.38. The fourth-order valence-corrected chi connectivity index (χ4v) is 2.55. The van der Waals surface area contributed by atoms with Crippen LogP contribution >= 0.6 is 10.7 Å². The van der Waals surface area contributed by atoms with Gasteiger partial charge in [-0.25, -0.2) is 13.2 Å². The zero-order valence-electron chi connectivity index (χ0n) is 8.61. The average molecular weight is 264 g/mol. The van der Waals surface area contributed by atoms with Gasteiger partial charge in [0.1, 0.15) is 0 Å². The monoisotopic (exact) mass is 263 g/mol. The lowest BCUT2D eigenvalue weighted by Crippen LogP contribution is -2.09. The van der Waals surface area contributed by atoms with Crippen LogP contribution in [0.3, 0.4) is 0 Å². The molecule has 0 atom stereocenters. The molecule has 0 heterocycles. The molecule has 1 rings (SSSR count). The molecule has 0 fully saturated rings. The topological polar surface area (TPSA) is 83.5 Å². The van der Waals surface area contributed by atoms with Gasteiger partial charge in [0.05, 0.1) is 4.90 Å². The molecular formula is C9H10ClNO4S. The smallest absolute Gasteiger partial charge is 0.409 e. The standard InChI is InChI=1S/C9H10ClNO4S/c1-5-3-6(2)8(16(10,14)15)4-7(5)11-9(12)13/h3-4,11H,1-2H3,(H,12,13). The second-order valence-electron chi connectivity index (χ2n) is 3.30. The molecule has 0 aromatic heterocycles. The van der Waals surface area contributed by atoms with Crippen molar-refractivity contribution in [2.24, 2.45) is 0 Å². The number of carbonyl (C=O) groups is 1. The maximum Gasteiger partial charge on any atom is 0.409 e. The number of nitrogens with one attached hydrogen (secondary N) is 1. The second-order valence-corrected chi connectivity index (χ2v) is 5.83. The van der Waals surface area contributed by atoms with Gasteiger partial charge in [0.2, 0.25) is 0 Å². The Morgan fingerprint density at radius 3 is 2.31 bits per heavy atom. The molecule has 0 saturated heterocycles. The van der Waals surface area contributed by atoms with Crippen molar-refractivity contribution in [3.05, 3.63) is 23.3 Å². The van der Waals surface area contributed by atoms with Gasteiger partial charge in [-0.1, -0.05) is 6.07 Å². The van der Waals surface area contributed by atoms with Crippen molar-refractivity contribution >= 4 is 31.5 Å². The predicted molar refractivity (Wildman–Crippen MR) is 60.6 cm³/mol. The summed E-state index contributed by atoms with van der Waals surface area (Å²) in [6, 6.07) is 2.77. The maximum absolute atomic E-state index is 11.2. The third kappa shape index (κ3) is 2.86. The van der Waals surface area contributed by atoms with Crippen LogP contribution in [0, 0.1) is 13.8 Å². The zero-order valence-corrected chi connectivity index (χ0v) is 10.2. The minimum absolute atomic E-state index is 0.0940. The van der Waals surface area contributed by atoms with Crippen molar-refractivity contribution in [2.75, 3.05) is 5.32 Å². The molecule has 0 aliphatic carbocycles. The van der Waals surface area contributed by atoms with Crippen molar-refractivity contribution in [1.82, 2.24) is 0 Å². The van der Waals surface area contributed by atoms with Gasteiger partial charge in [0, 0.05) is 16.4 Å². The molecule has 0 aliphatic heterocycles. The lowest BCUT2D eigenvalue weighted by Gasteiger charge is -2.09. The molecule has 7 heteroatoms. The van der Waals surface area contributed by atoms with Crippen molar-refractivity contribution in [3.63, 3.8) is 0 Å². The molecule has 0 aliphatic rings. The van der Waals surface area contributed by atoms with Crippen LogP contribution in [0.5, 0.6) is 0 Å². The zero-order chi connectivity index (χ0) is 12.5. The number of aryl methyl sites for hydroxylation is 2. The number of amides is 1. The first-order chi connectivity index (χ1) is 7.21. The van der Waals surface area contributed by atoms with E-state index in [0.717, 1.165) is 0 Å². The first-order valence-electron chi connectivity index (χ1n) is 4.27. The summed E-state index contributed by atoms with van der Waals surface area (Å²) in [5.74, 6) is 0. The quantitative estimate of drug-likeness (QED) is 0.802. The highest BCUT2D eigenvalue weighted by Crippen LogP contribution is 2.26. The molecule has 0 unspecified atom stereocenters. The van der Waals surface area contributed by atoms with Gasteiger partial charge in [-0.05, 0) is 31.0 Å². The summed E-state index contributed by atoms with van der Waals surface area (Å²) in [5, 5.41) is 10.7. The molecule has 2 N–H and O–H groups in total. The van der Waals surface area contributed by atoms with E-state index >= 15 is 0 Å². The molecule has 1 amide bonds. The molecule has 1 aromatic carbocycles. The van der Waals surface area contributed by atoms with Crippen molar-refractivity contribution < 1.29 is 18.3 Å². The molecular weight excluding hydrogens is 254 g/mol. The second kappa shape index (κ2) is 4.31. The van der Waals surface area contributed by atoms with Crippen LogP contribution in [0.15, 0.2) is 17.0 Å². The lowest BCUT2D eigenvalue weighted by molar-refractivity contribution is 0.209. The van der Waals surface area contributed by atoms with Gasteiger partial charge in [-0.15, -0.1) is 0 Å². The molecule has 0 bridgehead atoms. The fraction of sp³-hybridized carbons (Fsp3) is 0.222. The highest BCUT2D eigenvalue weighted by molar-refractivity contribution is 8.13. The number of rotatable bonds is 2. The van der Waals surface area contributed by atoms with Crippen molar-refractivity contribution in [2.45, 2.75) is 18.7 Å². The largest absolute Gasteiger partial charge is 0.465 e. The number of hydrogen-bond acceptors (Lipinski definition) is 3. The minimum Gasteiger partial charge on any atom is -0.465 e. The summed E-state index contributed by atoms with van der Waals surface area (Å²) < 4.78 is 22.4.